The highest BCUT2D eigenvalue weighted by Crippen LogP contribution is 2.56. The standard InChI is InChI=1S/C24H26N2O10/c1-7-8-5-6-9(23(34)36-4)16(27)11(8)17(28)12-10(7)18(29)14-15(26(2)3)19(30)13(22(25)33)21(32)24(14,35)20(12)31/h5-7,10,14-15,18,27-29,32,35H,1-4H3,(H2,25,33)/t7-,10+,14+,15-,18-,24-/m0/s1. The Morgan fingerprint density at radius 3 is 2.28 bits per heavy atom. The molecule has 0 unspecified atom stereocenters. The molecule has 0 bridgehead atoms. The molecule has 36 heavy (non-hydrogen) atoms. The van der Waals surface area contributed by atoms with Gasteiger partial charge in [-0.05, 0) is 31.6 Å². The van der Waals surface area contributed by atoms with Gasteiger partial charge in [-0.3, -0.25) is 19.3 Å². The topological polar surface area (TPSA) is 208 Å². The maximum Gasteiger partial charge on any atom is 0.341 e. The van der Waals surface area contributed by atoms with Crippen LogP contribution in [0.15, 0.2) is 29.0 Å². The number of esters is 1. The van der Waals surface area contributed by atoms with Crippen LogP contribution in [0.2, 0.25) is 0 Å². The number of hydrogen-bond donors (Lipinski definition) is 6. The summed E-state index contributed by atoms with van der Waals surface area (Å²) < 4.78 is 4.63. The Morgan fingerprint density at radius 2 is 1.75 bits per heavy atom. The zero-order valence-corrected chi connectivity index (χ0v) is 19.8. The summed E-state index contributed by atoms with van der Waals surface area (Å²) in [5, 5.41) is 55.9. The van der Waals surface area contributed by atoms with Gasteiger partial charge in [-0.1, -0.05) is 13.0 Å². The van der Waals surface area contributed by atoms with E-state index in [9.17, 15) is 44.7 Å². The molecule has 1 aromatic rings. The fraction of sp³-hybridized carbons (Fsp3) is 0.417. The number of nitrogens with two attached hydrogens (primary N) is 1. The van der Waals surface area contributed by atoms with Gasteiger partial charge in [0, 0.05) is 11.5 Å². The van der Waals surface area contributed by atoms with Crippen molar-refractivity contribution in [1.29, 1.82) is 0 Å². The molecule has 12 nitrogen and oxygen atoms in total. The first-order valence-electron chi connectivity index (χ1n) is 11.0. The second kappa shape index (κ2) is 8.15. The van der Waals surface area contributed by atoms with Gasteiger partial charge in [-0.2, -0.15) is 0 Å². The summed E-state index contributed by atoms with van der Waals surface area (Å²) in [4.78, 5) is 52.3. The van der Waals surface area contributed by atoms with E-state index < -0.39 is 87.4 Å². The summed E-state index contributed by atoms with van der Waals surface area (Å²) in [6.07, 6.45) is -1.69. The molecule has 1 fully saturated rings. The molecule has 0 radical (unpaired) electrons. The third kappa shape index (κ3) is 2.98. The van der Waals surface area contributed by atoms with Gasteiger partial charge in [0.1, 0.15) is 28.4 Å². The molecule has 0 aliphatic heterocycles. The first kappa shape index (κ1) is 25.4. The minimum Gasteiger partial charge on any atom is -0.508 e. The van der Waals surface area contributed by atoms with E-state index >= 15 is 0 Å². The van der Waals surface area contributed by atoms with Gasteiger partial charge in [-0.25, -0.2) is 4.79 Å². The molecular formula is C24H26N2O10. The maximum atomic E-state index is 13.8. The summed E-state index contributed by atoms with van der Waals surface area (Å²) >= 11 is 0. The van der Waals surface area contributed by atoms with Crippen molar-refractivity contribution in [2.24, 2.45) is 17.6 Å². The van der Waals surface area contributed by atoms with Crippen molar-refractivity contribution in [2.45, 2.75) is 30.6 Å². The average molecular weight is 502 g/mol. The number of carbonyl (C=O) groups excluding carboxylic acids is 4. The van der Waals surface area contributed by atoms with Crippen LogP contribution in [0.25, 0.3) is 5.76 Å². The highest BCUT2D eigenvalue weighted by Gasteiger charge is 2.68. The van der Waals surface area contributed by atoms with Crippen molar-refractivity contribution in [3.05, 3.63) is 45.7 Å². The molecule has 3 aliphatic carbocycles. The molecule has 0 spiro atoms. The number of carbonyl (C=O) groups is 4. The number of primary amides is 1. The summed E-state index contributed by atoms with van der Waals surface area (Å²) in [5.41, 5.74) is 0.436. The number of aliphatic hydroxyl groups is 4. The van der Waals surface area contributed by atoms with Gasteiger partial charge in [0.05, 0.1) is 30.7 Å². The highest BCUT2D eigenvalue weighted by atomic mass is 16.5. The minimum absolute atomic E-state index is 0.282. The molecule has 3 aliphatic rings. The Kier molecular flexibility index (Phi) is 5.74. The SMILES string of the molecule is COC(=O)c1ccc2c(c1O)C(O)=C1C(=O)[C@]3(O)C(O)=C(C(N)=O)C(=O)[C@@H](N(C)C)[C@@H]3[C@@H](O)[C@@H]1[C@H]2C. The third-order valence-corrected chi connectivity index (χ3v) is 7.53. The molecular weight excluding hydrogens is 476 g/mol. The highest BCUT2D eigenvalue weighted by molar-refractivity contribution is 6.24. The normalized spacial score (nSPS) is 31.7. The molecule has 6 atom stereocenters. The van der Waals surface area contributed by atoms with E-state index in [1.54, 1.807) is 6.92 Å². The van der Waals surface area contributed by atoms with Crippen LogP contribution in [0.3, 0.4) is 0 Å². The van der Waals surface area contributed by atoms with Crippen LogP contribution in [0.1, 0.15) is 34.3 Å². The van der Waals surface area contributed by atoms with Gasteiger partial charge in [0.2, 0.25) is 5.78 Å². The molecule has 4 rings (SSSR count). The molecule has 12 heteroatoms. The minimum atomic E-state index is -3.00. The Balaban J connectivity index is 2.05. The number of likely N-dealkylation sites (N-methyl/N-ethyl adjacent to an activating group) is 1. The Morgan fingerprint density at radius 1 is 1.14 bits per heavy atom. The quantitative estimate of drug-likeness (QED) is 0.224. The van der Waals surface area contributed by atoms with Crippen LogP contribution < -0.4 is 5.73 Å². The number of aromatic hydroxyl groups is 1. The number of Topliss-reactive ketones (excluding diaryl/α,β-unsaturated/α-hetero) is 2. The number of aliphatic hydroxyl groups excluding tert-OH is 3. The smallest absolute Gasteiger partial charge is 0.341 e. The zero-order valence-electron chi connectivity index (χ0n) is 19.8. The van der Waals surface area contributed by atoms with E-state index in [-0.39, 0.29) is 16.7 Å². The number of ether oxygens (including phenoxy) is 1. The van der Waals surface area contributed by atoms with Gasteiger partial charge >= 0.3 is 5.97 Å². The van der Waals surface area contributed by atoms with Gasteiger partial charge in [0.15, 0.2) is 11.4 Å². The summed E-state index contributed by atoms with van der Waals surface area (Å²) in [7, 11) is 3.94. The number of fused-ring (bicyclic) bond motifs is 3. The van der Waals surface area contributed by atoms with Crippen molar-refractivity contribution < 1.29 is 49.4 Å². The summed E-state index contributed by atoms with van der Waals surface area (Å²) in [6, 6.07) is 1.26. The van der Waals surface area contributed by atoms with Crippen LogP contribution in [-0.4, -0.2) is 92.8 Å². The number of rotatable bonds is 3. The van der Waals surface area contributed by atoms with E-state index in [0.29, 0.717) is 0 Å². The first-order chi connectivity index (χ1) is 16.7. The predicted molar refractivity (Wildman–Crippen MR) is 122 cm³/mol. The van der Waals surface area contributed by atoms with Gasteiger partial charge in [0.25, 0.3) is 5.91 Å². The number of benzene rings is 1. The number of hydrogen-bond acceptors (Lipinski definition) is 11. The Labute approximate surface area is 204 Å². The number of ketones is 2. The largest absolute Gasteiger partial charge is 0.508 e. The fourth-order valence-corrected chi connectivity index (χ4v) is 5.89. The Hall–Kier alpha value is -3.74. The monoisotopic (exact) mass is 502 g/mol. The van der Waals surface area contributed by atoms with E-state index in [1.165, 1.54) is 31.1 Å². The lowest BCUT2D eigenvalue weighted by Gasteiger charge is -2.53. The molecule has 0 heterocycles. The molecule has 1 saturated carbocycles. The van der Waals surface area contributed by atoms with Crippen molar-refractivity contribution in [3.8, 4) is 5.75 Å². The van der Waals surface area contributed by atoms with Gasteiger partial charge in [-0.15, -0.1) is 0 Å². The fourth-order valence-electron chi connectivity index (χ4n) is 5.89. The van der Waals surface area contributed by atoms with E-state index in [1.807, 2.05) is 0 Å². The van der Waals surface area contributed by atoms with E-state index in [4.69, 9.17) is 5.73 Å². The second-order valence-electron chi connectivity index (χ2n) is 9.47. The zero-order chi connectivity index (χ0) is 27.0. The summed E-state index contributed by atoms with van der Waals surface area (Å²) in [6.45, 7) is 1.59. The number of amides is 1. The van der Waals surface area contributed by atoms with Crippen molar-refractivity contribution in [1.82, 2.24) is 4.90 Å². The number of methoxy groups -OCH3 is 1. The van der Waals surface area contributed by atoms with Crippen molar-refractivity contribution >= 4 is 29.2 Å². The number of phenolic OH excluding ortho intramolecular Hbond substituents is 1. The van der Waals surface area contributed by atoms with Crippen LogP contribution in [0, 0.1) is 11.8 Å². The first-order valence-corrected chi connectivity index (χ1v) is 11.0. The average Bonchev–Trinajstić information content (AvgIpc) is 2.80. The lowest BCUT2D eigenvalue weighted by Crippen LogP contribution is -2.70. The lowest BCUT2D eigenvalue weighted by molar-refractivity contribution is -0.169. The predicted octanol–water partition coefficient (Wildman–Crippen LogP) is -0.718. The Bertz CT molecular complexity index is 1300. The van der Waals surface area contributed by atoms with Gasteiger partial charge < -0.3 is 36.0 Å². The van der Waals surface area contributed by atoms with Crippen LogP contribution in [-0.2, 0) is 19.1 Å². The number of nitrogens with zero attached hydrogens (tertiary/aromatic N) is 1. The van der Waals surface area contributed by atoms with Crippen molar-refractivity contribution in [3.63, 3.8) is 0 Å². The second-order valence-corrected chi connectivity index (χ2v) is 9.47. The van der Waals surface area contributed by atoms with Crippen molar-refractivity contribution in [2.75, 3.05) is 21.2 Å². The van der Waals surface area contributed by atoms with Crippen LogP contribution in [0.4, 0.5) is 0 Å². The summed E-state index contributed by atoms with van der Waals surface area (Å²) in [5.74, 6) is -11.0. The molecule has 7 N–H and O–H groups in total. The van der Waals surface area contributed by atoms with E-state index in [0.717, 1.165) is 7.11 Å². The number of phenols is 1. The van der Waals surface area contributed by atoms with E-state index in [2.05, 4.69) is 4.74 Å². The molecule has 1 aromatic carbocycles. The van der Waals surface area contributed by atoms with Crippen LogP contribution >= 0.6 is 0 Å². The molecule has 0 saturated heterocycles. The molecule has 1 amide bonds. The van der Waals surface area contributed by atoms with Crippen LogP contribution in [0.5, 0.6) is 5.75 Å². The lowest BCUT2D eigenvalue weighted by atomic mass is 9.54. The maximum absolute atomic E-state index is 13.8. The molecule has 0 aromatic heterocycles. The molecule has 192 valence electrons. The third-order valence-electron chi connectivity index (χ3n) is 7.53.